The number of carbonyl (C=O) groups excluding carboxylic acids is 1. The van der Waals surface area contributed by atoms with E-state index in [0.29, 0.717) is 27.8 Å². The summed E-state index contributed by atoms with van der Waals surface area (Å²) in [6, 6.07) is 14.5. The Morgan fingerprint density at radius 2 is 1.96 bits per heavy atom. The molecule has 3 rings (SSSR count). The second-order valence-corrected chi connectivity index (χ2v) is 6.42. The molecule has 0 amide bonds. The maximum atomic E-state index is 12.9. The fraction of sp³-hybridized carbons (Fsp3) is 0.211. The summed E-state index contributed by atoms with van der Waals surface area (Å²) in [5, 5.41) is 24.2. The fourth-order valence-electron chi connectivity index (χ4n) is 2.80. The van der Waals surface area contributed by atoms with Crippen LogP contribution in [0.25, 0.3) is 0 Å². The average molecular weight is 394 g/mol. The Morgan fingerprint density at radius 3 is 2.63 bits per heavy atom. The summed E-state index contributed by atoms with van der Waals surface area (Å²) in [5.74, 6) is -0.662. The third kappa shape index (κ3) is 5.11. The molecule has 6 nitrogen and oxygen atoms in total. The summed E-state index contributed by atoms with van der Waals surface area (Å²) in [5.41, 5.74) is 2.50. The van der Waals surface area contributed by atoms with Gasteiger partial charge in [0.05, 0.1) is 11.3 Å². The summed E-state index contributed by atoms with van der Waals surface area (Å²) >= 11 is 6.15. The third-order valence-electron chi connectivity index (χ3n) is 4.14. The van der Waals surface area contributed by atoms with Crippen molar-refractivity contribution in [1.29, 1.82) is 0 Å². The zero-order valence-corrected chi connectivity index (χ0v) is 17.9. The van der Waals surface area contributed by atoms with E-state index in [0.717, 1.165) is 10.3 Å². The van der Waals surface area contributed by atoms with Crippen LogP contribution < -0.4 is 34.7 Å². The Labute approximate surface area is 184 Å². The molecule has 27 heavy (non-hydrogen) atoms. The molecular weight excluding hydrogens is 377 g/mol. The van der Waals surface area contributed by atoms with E-state index >= 15 is 0 Å². The molecule has 0 spiro atoms. The van der Waals surface area contributed by atoms with Crippen molar-refractivity contribution in [3.8, 4) is 0 Å². The number of carbonyl (C=O) groups is 1. The van der Waals surface area contributed by atoms with E-state index in [4.69, 9.17) is 11.6 Å². The van der Waals surface area contributed by atoms with Crippen molar-refractivity contribution in [2.75, 3.05) is 20.1 Å². The Kier molecular flexibility index (Phi) is 7.44. The molecule has 8 heteroatoms. The van der Waals surface area contributed by atoms with Crippen LogP contribution >= 0.6 is 11.6 Å². The first-order valence-corrected chi connectivity index (χ1v) is 8.49. The van der Waals surface area contributed by atoms with Gasteiger partial charge in [0, 0.05) is 36.6 Å². The van der Waals surface area contributed by atoms with Crippen molar-refractivity contribution in [2.45, 2.75) is 6.42 Å². The predicted molar refractivity (Wildman–Crippen MR) is 98.9 cm³/mol. The average Bonchev–Trinajstić information content (AvgIpc) is 2.76. The number of amidine groups is 1. The van der Waals surface area contributed by atoms with Gasteiger partial charge in [0.2, 0.25) is 12.3 Å². The van der Waals surface area contributed by atoms with Gasteiger partial charge >= 0.3 is 29.6 Å². The van der Waals surface area contributed by atoms with Crippen LogP contribution in [-0.2, 0) is 4.79 Å². The van der Waals surface area contributed by atoms with E-state index in [-0.39, 0.29) is 49.1 Å². The number of nitrogens with zero attached hydrogens (tertiary/aromatic N) is 3. The number of hydrogen-bond donors (Lipinski definition) is 0. The van der Waals surface area contributed by atoms with Crippen LogP contribution in [0.3, 0.4) is 0 Å². The van der Waals surface area contributed by atoms with Crippen molar-refractivity contribution in [2.24, 2.45) is 4.99 Å². The largest absolute Gasteiger partial charge is 1.00 e. The van der Waals surface area contributed by atoms with Crippen LogP contribution in [0.5, 0.6) is 0 Å². The van der Waals surface area contributed by atoms with Crippen molar-refractivity contribution >= 4 is 34.8 Å². The number of benzene rings is 2. The number of fused-ring (bicyclic) bond motifs is 1. The van der Waals surface area contributed by atoms with Gasteiger partial charge in [0.25, 0.3) is 0 Å². The zero-order chi connectivity index (χ0) is 18.7. The molecule has 1 aliphatic heterocycles. The Bertz CT molecular complexity index is 900. The number of halogens is 1. The van der Waals surface area contributed by atoms with Crippen LogP contribution in [-0.4, -0.2) is 47.3 Å². The van der Waals surface area contributed by atoms with Gasteiger partial charge in [0.1, 0.15) is 0 Å². The predicted octanol–water partition coefficient (Wildman–Crippen LogP) is -1.19. The number of carboxylic acid groups (broad SMARTS) is 1. The van der Waals surface area contributed by atoms with E-state index in [1.54, 1.807) is 30.1 Å². The normalized spacial score (nSPS) is 13.2. The third-order valence-corrected chi connectivity index (χ3v) is 4.37. The molecule has 0 unspecified atom stereocenters. The molecule has 1 aliphatic rings. The first kappa shape index (κ1) is 21.4. The van der Waals surface area contributed by atoms with Crippen molar-refractivity contribution in [3.63, 3.8) is 0 Å². The number of hydrogen-bond acceptors (Lipinski definition) is 5. The van der Waals surface area contributed by atoms with Gasteiger partial charge in [-0.3, -0.25) is 0 Å². The first-order chi connectivity index (χ1) is 12.5. The molecule has 0 atom stereocenters. The van der Waals surface area contributed by atoms with Gasteiger partial charge in [-0.2, -0.15) is 4.74 Å². The molecule has 2 aromatic carbocycles. The molecule has 1 heterocycles. The minimum atomic E-state index is -1.14. The maximum absolute atomic E-state index is 12.9. The van der Waals surface area contributed by atoms with Gasteiger partial charge < -0.3 is 20.0 Å². The summed E-state index contributed by atoms with van der Waals surface area (Å²) in [6.07, 6.45) is -0.142. The van der Waals surface area contributed by atoms with Crippen molar-refractivity contribution < 1.29 is 44.2 Å². The minimum absolute atomic E-state index is 0. The second-order valence-electron chi connectivity index (χ2n) is 5.98. The number of aliphatic imine (C=N–C) groups is 1. The quantitative estimate of drug-likeness (QED) is 0.371. The topological polar surface area (TPSA) is 81.8 Å². The Morgan fingerprint density at radius 1 is 1.26 bits per heavy atom. The molecule has 0 aliphatic carbocycles. The maximum Gasteiger partial charge on any atom is 1.00 e. The Hall–Kier alpha value is -1.86. The number of hydroxylamine groups is 1. The number of rotatable bonds is 4. The summed E-state index contributed by atoms with van der Waals surface area (Å²) < 4.78 is 0.867. The van der Waals surface area contributed by atoms with Crippen LogP contribution in [0.1, 0.15) is 17.5 Å². The zero-order valence-electron chi connectivity index (χ0n) is 15.2. The summed E-state index contributed by atoms with van der Waals surface area (Å²) in [6.45, 7) is 0.207. The number of aliphatic carboxylic acids is 1. The van der Waals surface area contributed by atoms with Crippen LogP contribution in [0, 0.1) is 5.21 Å². The molecule has 0 N–H and O–H groups in total. The van der Waals surface area contributed by atoms with Crippen molar-refractivity contribution in [3.05, 3.63) is 69.9 Å². The number of carboxylic acids is 1. The summed E-state index contributed by atoms with van der Waals surface area (Å²) in [4.78, 5) is 17.0. The molecule has 2 aromatic rings. The van der Waals surface area contributed by atoms with E-state index < -0.39 is 5.97 Å². The smallest absolute Gasteiger partial charge is 0.623 e. The molecule has 0 fully saturated rings. The second kappa shape index (κ2) is 9.37. The van der Waals surface area contributed by atoms with E-state index in [9.17, 15) is 15.1 Å². The molecule has 0 bridgehead atoms. The van der Waals surface area contributed by atoms with Gasteiger partial charge in [-0.25, -0.2) is 4.99 Å². The van der Waals surface area contributed by atoms with Gasteiger partial charge in [-0.15, -0.1) is 0 Å². The molecule has 0 aromatic heterocycles. The minimum Gasteiger partial charge on any atom is -0.623 e. The standard InChI is InChI=1S/C19H18ClN3O3.Na/c1-22(10-9-18(24)25)17-12-23(26)19(13-5-3-2-4-6-13)15-11-14(20)7-8-16(15)21-17;/h2-8,11H,9-10,12H2,1H3,(H,24,25);/q;+1/p-1. The number of likely N-dealkylation sites (N-methyl/N-ethyl adjacent to an activating group) is 1. The SMILES string of the molecule is CN(CCC(=O)[O-])C1=Nc2ccc(Cl)cc2C(c2ccccc2)=[N+]([O-])C1.[Na+]. The van der Waals surface area contributed by atoms with Crippen LogP contribution in [0.2, 0.25) is 5.02 Å². The monoisotopic (exact) mass is 393 g/mol. The van der Waals surface area contributed by atoms with Gasteiger partial charge in [-0.1, -0.05) is 29.8 Å². The first-order valence-electron chi connectivity index (χ1n) is 8.11. The molecule has 134 valence electrons. The Balaban J connectivity index is 0.00000261. The van der Waals surface area contributed by atoms with Gasteiger partial charge in [0.15, 0.2) is 5.84 Å². The van der Waals surface area contributed by atoms with E-state index in [1.165, 1.54) is 0 Å². The molecule has 0 saturated heterocycles. The van der Waals surface area contributed by atoms with Crippen LogP contribution in [0.4, 0.5) is 5.69 Å². The molecule has 0 radical (unpaired) electrons. The molecule has 0 saturated carbocycles. The van der Waals surface area contributed by atoms with Gasteiger partial charge in [-0.05, 0) is 30.3 Å². The van der Waals surface area contributed by atoms with E-state index in [2.05, 4.69) is 4.99 Å². The molecular formula is C19H17ClN3NaO3. The van der Waals surface area contributed by atoms with Crippen LogP contribution in [0.15, 0.2) is 53.5 Å². The van der Waals surface area contributed by atoms with Crippen molar-refractivity contribution in [1.82, 2.24) is 4.90 Å². The fourth-order valence-corrected chi connectivity index (χ4v) is 2.97. The van der Waals surface area contributed by atoms with E-state index in [1.807, 2.05) is 30.3 Å². The summed E-state index contributed by atoms with van der Waals surface area (Å²) in [7, 11) is 1.71.